The maximum Gasteiger partial charge on any atom is 0.334 e. The van der Waals surface area contributed by atoms with Crippen LogP contribution in [0.3, 0.4) is 0 Å². The molecule has 0 radical (unpaired) electrons. The fourth-order valence-electron chi connectivity index (χ4n) is 1.38. The molecule has 17 heavy (non-hydrogen) atoms. The topological polar surface area (TPSA) is 114 Å². The van der Waals surface area contributed by atoms with Crippen molar-refractivity contribution < 1.29 is 19.8 Å². The van der Waals surface area contributed by atoms with Crippen molar-refractivity contribution in [2.75, 3.05) is 13.1 Å². The molecular weight excluding hydrogens is 226 g/mol. The summed E-state index contributed by atoms with van der Waals surface area (Å²) >= 11 is 0. The minimum Gasteiger partial charge on any atom is -0.479 e. The standard InChI is InChI=1S/C10H15N3O4/c11-4-1-5-13(7-2-3-7)10(17)12-6-8(14)9(15)16/h7-8,14H,1-3,5-6H2,(H,12,17)(H,15,16)/t8-/m0/s1. The molecule has 0 unspecified atom stereocenters. The molecule has 1 aliphatic rings. The molecule has 94 valence electrons. The molecule has 1 fully saturated rings. The van der Waals surface area contributed by atoms with Crippen LogP contribution in [-0.4, -0.2) is 52.3 Å². The fraction of sp³-hybridized carbons (Fsp3) is 0.700. The van der Waals surface area contributed by atoms with Gasteiger partial charge in [0.1, 0.15) is 0 Å². The lowest BCUT2D eigenvalue weighted by Crippen LogP contribution is -2.45. The van der Waals surface area contributed by atoms with E-state index < -0.39 is 18.1 Å². The zero-order chi connectivity index (χ0) is 12.8. The first-order valence-corrected chi connectivity index (χ1v) is 5.38. The molecule has 0 aromatic rings. The molecule has 1 aliphatic carbocycles. The van der Waals surface area contributed by atoms with Crippen LogP contribution in [-0.2, 0) is 4.79 Å². The Morgan fingerprint density at radius 3 is 2.65 bits per heavy atom. The number of carbonyl (C=O) groups excluding carboxylic acids is 1. The van der Waals surface area contributed by atoms with Gasteiger partial charge in [0.05, 0.1) is 19.0 Å². The van der Waals surface area contributed by atoms with Crippen molar-refractivity contribution in [3.63, 3.8) is 0 Å². The van der Waals surface area contributed by atoms with Crippen molar-refractivity contribution in [1.29, 1.82) is 5.26 Å². The van der Waals surface area contributed by atoms with Crippen LogP contribution >= 0.6 is 0 Å². The molecule has 3 N–H and O–H groups in total. The molecule has 2 amide bonds. The van der Waals surface area contributed by atoms with Gasteiger partial charge in [0, 0.05) is 12.6 Å². The van der Waals surface area contributed by atoms with Gasteiger partial charge in [-0.25, -0.2) is 9.59 Å². The summed E-state index contributed by atoms with van der Waals surface area (Å²) < 4.78 is 0. The predicted octanol–water partition coefficient (Wildman–Crippen LogP) is -0.480. The van der Waals surface area contributed by atoms with E-state index in [2.05, 4.69) is 5.32 Å². The van der Waals surface area contributed by atoms with Crippen LogP contribution in [0.15, 0.2) is 0 Å². The summed E-state index contributed by atoms with van der Waals surface area (Å²) in [5.74, 6) is -1.37. The summed E-state index contributed by atoms with van der Waals surface area (Å²) in [6.45, 7) is 0.000106. The number of urea groups is 1. The Bertz CT molecular complexity index is 335. The van der Waals surface area contributed by atoms with E-state index in [9.17, 15) is 9.59 Å². The van der Waals surface area contributed by atoms with E-state index in [-0.39, 0.29) is 19.0 Å². The van der Waals surface area contributed by atoms with Crippen molar-refractivity contribution in [2.45, 2.75) is 31.4 Å². The molecule has 1 atom stereocenters. The van der Waals surface area contributed by atoms with Gasteiger partial charge in [0.2, 0.25) is 0 Å². The predicted molar refractivity (Wildman–Crippen MR) is 57.0 cm³/mol. The molecule has 7 heteroatoms. The zero-order valence-corrected chi connectivity index (χ0v) is 9.30. The second-order valence-electron chi connectivity index (χ2n) is 3.87. The molecule has 1 rings (SSSR count). The van der Waals surface area contributed by atoms with Crippen molar-refractivity contribution in [3.8, 4) is 6.07 Å². The highest BCUT2D eigenvalue weighted by Crippen LogP contribution is 2.26. The van der Waals surface area contributed by atoms with E-state index in [1.807, 2.05) is 6.07 Å². The Labute approximate surface area is 98.6 Å². The second kappa shape index (κ2) is 6.06. The Kier molecular flexibility index (Phi) is 4.72. The average Bonchev–Trinajstić information content (AvgIpc) is 3.10. The number of aliphatic hydroxyl groups is 1. The Balaban J connectivity index is 2.37. The normalized spacial score (nSPS) is 15.8. The van der Waals surface area contributed by atoms with Crippen LogP contribution in [0.2, 0.25) is 0 Å². The summed E-state index contributed by atoms with van der Waals surface area (Å²) in [5.41, 5.74) is 0. The van der Waals surface area contributed by atoms with E-state index in [0.29, 0.717) is 6.54 Å². The highest BCUT2D eigenvalue weighted by atomic mass is 16.4. The number of hydrogen-bond donors (Lipinski definition) is 3. The monoisotopic (exact) mass is 241 g/mol. The maximum atomic E-state index is 11.7. The number of nitrogens with one attached hydrogen (secondary N) is 1. The largest absolute Gasteiger partial charge is 0.479 e. The van der Waals surface area contributed by atoms with Crippen LogP contribution in [0.4, 0.5) is 4.79 Å². The molecule has 0 bridgehead atoms. The molecule has 0 heterocycles. The summed E-state index contributed by atoms with van der Waals surface area (Å²) in [6.07, 6.45) is 0.447. The molecule has 7 nitrogen and oxygen atoms in total. The van der Waals surface area contributed by atoms with Crippen molar-refractivity contribution in [2.24, 2.45) is 0 Å². The number of aliphatic carboxylic acids is 1. The second-order valence-corrected chi connectivity index (χ2v) is 3.87. The lowest BCUT2D eigenvalue weighted by Gasteiger charge is -2.22. The van der Waals surface area contributed by atoms with Gasteiger partial charge in [0.25, 0.3) is 0 Å². The highest BCUT2D eigenvalue weighted by Gasteiger charge is 2.32. The Hall–Kier alpha value is -1.81. The SMILES string of the molecule is N#CCCN(C(=O)NC[C@H](O)C(=O)O)C1CC1. The van der Waals surface area contributed by atoms with Gasteiger partial charge in [-0.1, -0.05) is 0 Å². The lowest BCUT2D eigenvalue weighted by molar-refractivity contribution is -0.146. The number of hydrogen-bond acceptors (Lipinski definition) is 4. The van der Waals surface area contributed by atoms with E-state index in [0.717, 1.165) is 12.8 Å². The van der Waals surface area contributed by atoms with E-state index >= 15 is 0 Å². The first-order valence-electron chi connectivity index (χ1n) is 5.38. The molecule has 0 aromatic carbocycles. The van der Waals surface area contributed by atoms with Crippen molar-refractivity contribution in [1.82, 2.24) is 10.2 Å². The smallest absolute Gasteiger partial charge is 0.334 e. The van der Waals surface area contributed by atoms with Gasteiger partial charge in [0.15, 0.2) is 6.10 Å². The van der Waals surface area contributed by atoms with E-state index in [4.69, 9.17) is 15.5 Å². The Morgan fingerprint density at radius 2 is 2.18 bits per heavy atom. The fourth-order valence-corrected chi connectivity index (χ4v) is 1.38. The summed E-state index contributed by atoms with van der Waals surface area (Å²) in [6, 6.07) is 1.67. The zero-order valence-electron chi connectivity index (χ0n) is 9.30. The maximum absolute atomic E-state index is 11.7. The van der Waals surface area contributed by atoms with Crippen LogP contribution in [0.25, 0.3) is 0 Å². The molecule has 0 aromatic heterocycles. The van der Waals surface area contributed by atoms with Gasteiger partial charge in [-0.15, -0.1) is 0 Å². The minimum absolute atomic E-state index is 0.144. The van der Waals surface area contributed by atoms with Crippen LogP contribution in [0.5, 0.6) is 0 Å². The average molecular weight is 241 g/mol. The van der Waals surface area contributed by atoms with E-state index in [1.165, 1.54) is 4.90 Å². The number of carboxylic acids is 1. The molecular formula is C10H15N3O4. The van der Waals surface area contributed by atoms with Gasteiger partial charge >= 0.3 is 12.0 Å². The first-order chi connectivity index (χ1) is 8.06. The summed E-state index contributed by atoms with van der Waals surface area (Å²) in [4.78, 5) is 23.5. The highest BCUT2D eigenvalue weighted by molar-refractivity contribution is 5.77. The number of nitriles is 1. The minimum atomic E-state index is -1.60. The molecule has 0 saturated heterocycles. The number of nitrogens with zero attached hydrogens (tertiary/aromatic N) is 2. The van der Waals surface area contributed by atoms with Gasteiger partial charge in [-0.2, -0.15) is 5.26 Å². The van der Waals surface area contributed by atoms with E-state index in [1.54, 1.807) is 0 Å². The third-order valence-corrected chi connectivity index (χ3v) is 2.44. The van der Waals surface area contributed by atoms with Gasteiger partial charge < -0.3 is 20.4 Å². The van der Waals surface area contributed by atoms with Gasteiger partial charge in [-0.3, -0.25) is 0 Å². The Morgan fingerprint density at radius 1 is 1.53 bits per heavy atom. The molecule has 0 aliphatic heterocycles. The van der Waals surface area contributed by atoms with Gasteiger partial charge in [-0.05, 0) is 12.8 Å². The number of carboxylic acid groups (broad SMARTS) is 1. The first kappa shape index (κ1) is 13.3. The molecule has 1 saturated carbocycles. The summed E-state index contributed by atoms with van der Waals surface area (Å²) in [5, 5.41) is 28.2. The van der Waals surface area contributed by atoms with Crippen molar-refractivity contribution >= 4 is 12.0 Å². The van der Waals surface area contributed by atoms with Crippen LogP contribution < -0.4 is 5.32 Å². The molecule has 0 spiro atoms. The summed E-state index contributed by atoms with van der Waals surface area (Å²) in [7, 11) is 0. The van der Waals surface area contributed by atoms with Crippen LogP contribution in [0, 0.1) is 11.3 Å². The van der Waals surface area contributed by atoms with Crippen molar-refractivity contribution in [3.05, 3.63) is 0 Å². The third kappa shape index (κ3) is 4.28. The quantitative estimate of drug-likeness (QED) is 0.581. The number of aliphatic hydroxyl groups excluding tert-OH is 1. The third-order valence-electron chi connectivity index (χ3n) is 2.44. The number of amides is 2. The number of rotatable bonds is 6. The number of carbonyl (C=O) groups is 2. The van der Waals surface area contributed by atoms with Crippen LogP contribution in [0.1, 0.15) is 19.3 Å². The lowest BCUT2D eigenvalue weighted by atomic mass is 10.3.